The lowest BCUT2D eigenvalue weighted by molar-refractivity contribution is -0.143. The van der Waals surface area contributed by atoms with Gasteiger partial charge in [-0.15, -0.1) is 0 Å². The average molecular weight is 431 g/mol. The van der Waals surface area contributed by atoms with E-state index in [0.29, 0.717) is 17.9 Å². The van der Waals surface area contributed by atoms with Gasteiger partial charge in [0.25, 0.3) is 5.56 Å². The van der Waals surface area contributed by atoms with Crippen molar-refractivity contribution in [1.82, 2.24) is 9.55 Å². The molecule has 2 heterocycles. The third-order valence-electron chi connectivity index (χ3n) is 3.84. The molecule has 1 N–H and O–H groups in total. The van der Waals surface area contributed by atoms with Gasteiger partial charge >= 0.3 is 12.4 Å². The normalized spacial score (nSPS) is 12.1. The molecular weight excluding hydrogens is 420 g/mol. The summed E-state index contributed by atoms with van der Waals surface area (Å²) in [6.45, 7) is -0.679. The molecule has 3 rings (SSSR count). The maximum Gasteiger partial charge on any atom is 0.416 e. The first kappa shape index (κ1) is 21.1. The summed E-state index contributed by atoms with van der Waals surface area (Å²) in [5.74, 6) is -0.718. The number of aromatic nitrogens is 2. The van der Waals surface area contributed by atoms with Crippen LogP contribution in [0, 0.1) is 0 Å². The van der Waals surface area contributed by atoms with Gasteiger partial charge in [-0.3, -0.25) is 14.2 Å². The Bertz CT molecular complexity index is 1090. The molecule has 0 radical (unpaired) electrons. The summed E-state index contributed by atoms with van der Waals surface area (Å²) in [5, 5.41) is 1.94. The van der Waals surface area contributed by atoms with Gasteiger partial charge in [0, 0.05) is 11.8 Å². The molecule has 0 aliphatic heterocycles. The van der Waals surface area contributed by atoms with Gasteiger partial charge < -0.3 is 9.73 Å². The van der Waals surface area contributed by atoms with Gasteiger partial charge in [-0.05, 0) is 30.3 Å². The highest BCUT2D eigenvalue weighted by Gasteiger charge is 2.37. The van der Waals surface area contributed by atoms with Crippen LogP contribution >= 0.6 is 0 Å². The van der Waals surface area contributed by atoms with E-state index >= 15 is 0 Å². The van der Waals surface area contributed by atoms with E-state index in [0.717, 1.165) is 17.0 Å². The summed E-state index contributed by atoms with van der Waals surface area (Å²) in [7, 11) is 0. The van der Waals surface area contributed by atoms with E-state index in [1.165, 1.54) is 6.26 Å². The zero-order valence-electron chi connectivity index (χ0n) is 14.7. The minimum atomic E-state index is -5.05. The first-order valence-electron chi connectivity index (χ1n) is 8.13. The Morgan fingerprint density at radius 1 is 1.03 bits per heavy atom. The van der Waals surface area contributed by atoms with Gasteiger partial charge in [-0.25, -0.2) is 4.98 Å². The SMILES string of the molecule is O=C(Cn1cnc(-c2ccco2)cc1=O)Nc1cc(C(F)(F)F)cc(C(F)(F)F)c1. The number of halogens is 6. The minimum absolute atomic E-state index is 0.0581. The molecule has 12 heteroatoms. The molecule has 0 atom stereocenters. The molecule has 0 aliphatic rings. The van der Waals surface area contributed by atoms with Crippen molar-refractivity contribution in [1.29, 1.82) is 0 Å². The van der Waals surface area contributed by atoms with E-state index in [2.05, 4.69) is 4.98 Å². The molecule has 1 amide bonds. The van der Waals surface area contributed by atoms with Crippen molar-refractivity contribution in [2.75, 3.05) is 5.32 Å². The predicted molar refractivity (Wildman–Crippen MR) is 91.3 cm³/mol. The Morgan fingerprint density at radius 3 is 2.17 bits per heavy atom. The third kappa shape index (κ3) is 4.88. The first-order chi connectivity index (χ1) is 13.9. The predicted octanol–water partition coefficient (Wildman–Crippen LogP) is 4.18. The van der Waals surface area contributed by atoms with Gasteiger partial charge in [0.15, 0.2) is 5.76 Å². The van der Waals surface area contributed by atoms with Gasteiger partial charge in [-0.1, -0.05) is 0 Å². The quantitative estimate of drug-likeness (QED) is 0.629. The monoisotopic (exact) mass is 431 g/mol. The second-order valence-electron chi connectivity index (χ2n) is 6.06. The molecule has 0 saturated heterocycles. The molecular formula is C18H11F6N3O3. The Hall–Kier alpha value is -3.57. The molecule has 0 unspecified atom stereocenters. The van der Waals surface area contributed by atoms with Gasteiger partial charge in [0.1, 0.15) is 12.2 Å². The number of benzene rings is 1. The van der Waals surface area contributed by atoms with E-state index in [4.69, 9.17) is 4.42 Å². The fourth-order valence-electron chi connectivity index (χ4n) is 2.49. The number of nitrogens with one attached hydrogen (secondary N) is 1. The molecule has 0 saturated carbocycles. The third-order valence-corrected chi connectivity index (χ3v) is 3.84. The number of hydrogen-bond donors (Lipinski definition) is 1. The van der Waals surface area contributed by atoms with Crippen molar-refractivity contribution in [3.8, 4) is 11.5 Å². The van der Waals surface area contributed by atoms with E-state index in [-0.39, 0.29) is 11.8 Å². The Morgan fingerprint density at radius 2 is 1.67 bits per heavy atom. The van der Waals surface area contributed by atoms with Crippen LogP contribution in [0.2, 0.25) is 0 Å². The van der Waals surface area contributed by atoms with Crippen LogP contribution in [-0.4, -0.2) is 15.5 Å². The zero-order valence-corrected chi connectivity index (χ0v) is 14.7. The number of carbonyl (C=O) groups is 1. The van der Waals surface area contributed by atoms with E-state index in [1.54, 1.807) is 12.1 Å². The maximum absolute atomic E-state index is 12.9. The summed E-state index contributed by atoms with van der Waals surface area (Å²) in [5.41, 5.74) is -4.35. The molecule has 30 heavy (non-hydrogen) atoms. The van der Waals surface area contributed by atoms with Crippen LogP contribution in [0.15, 0.2) is 58.2 Å². The Balaban J connectivity index is 1.82. The summed E-state index contributed by atoms with van der Waals surface area (Å²) in [6.07, 6.45) is -7.74. The molecule has 0 aliphatic carbocycles. The number of hydrogen-bond acceptors (Lipinski definition) is 4. The van der Waals surface area contributed by atoms with Crippen LogP contribution in [0.3, 0.4) is 0 Å². The highest BCUT2D eigenvalue weighted by Crippen LogP contribution is 2.37. The van der Waals surface area contributed by atoms with Crippen molar-refractivity contribution < 1.29 is 35.6 Å². The van der Waals surface area contributed by atoms with E-state index in [9.17, 15) is 35.9 Å². The fourth-order valence-corrected chi connectivity index (χ4v) is 2.49. The number of carbonyl (C=O) groups excluding carboxylic acids is 1. The standard InChI is InChI=1S/C18H11F6N3O3/c19-17(20,21)10-4-11(18(22,23)24)6-12(5-10)26-15(28)8-27-9-25-13(7-16(27)29)14-2-1-3-30-14/h1-7,9H,8H2,(H,26,28). The molecule has 0 bridgehead atoms. The highest BCUT2D eigenvalue weighted by atomic mass is 19.4. The second-order valence-corrected chi connectivity index (χ2v) is 6.06. The smallest absolute Gasteiger partial charge is 0.416 e. The Labute approximate surface area is 163 Å². The van der Waals surface area contributed by atoms with Crippen molar-refractivity contribution in [2.45, 2.75) is 18.9 Å². The summed E-state index contributed by atoms with van der Waals surface area (Å²) < 4.78 is 83.2. The fraction of sp³-hybridized carbons (Fsp3) is 0.167. The largest absolute Gasteiger partial charge is 0.463 e. The van der Waals surface area contributed by atoms with Gasteiger partial charge in [0.05, 0.1) is 23.7 Å². The molecule has 6 nitrogen and oxygen atoms in total. The van der Waals surface area contributed by atoms with Gasteiger partial charge in [-0.2, -0.15) is 26.3 Å². The van der Waals surface area contributed by atoms with Crippen LogP contribution in [0.4, 0.5) is 32.0 Å². The van der Waals surface area contributed by atoms with Crippen LogP contribution in [0.25, 0.3) is 11.5 Å². The number of anilines is 1. The van der Waals surface area contributed by atoms with Crippen molar-refractivity contribution in [3.63, 3.8) is 0 Å². The number of alkyl halides is 6. The lowest BCUT2D eigenvalue weighted by Gasteiger charge is -2.15. The maximum atomic E-state index is 12.9. The van der Waals surface area contributed by atoms with Crippen LogP contribution < -0.4 is 10.9 Å². The molecule has 0 spiro atoms. The molecule has 158 valence electrons. The van der Waals surface area contributed by atoms with E-state index < -0.39 is 47.2 Å². The number of rotatable bonds is 4. The minimum Gasteiger partial charge on any atom is -0.463 e. The lowest BCUT2D eigenvalue weighted by atomic mass is 10.1. The molecule has 3 aromatic rings. The summed E-state index contributed by atoms with van der Waals surface area (Å²) in [4.78, 5) is 28.1. The zero-order chi connectivity index (χ0) is 22.1. The van der Waals surface area contributed by atoms with Gasteiger partial charge in [0.2, 0.25) is 5.91 Å². The second kappa shape index (κ2) is 7.69. The van der Waals surface area contributed by atoms with Crippen LogP contribution in [0.5, 0.6) is 0 Å². The number of nitrogens with zero attached hydrogens (tertiary/aromatic N) is 2. The highest BCUT2D eigenvalue weighted by molar-refractivity contribution is 5.90. The Kier molecular flexibility index (Phi) is 5.42. The first-order valence-corrected chi connectivity index (χ1v) is 8.13. The number of furan rings is 1. The van der Waals surface area contributed by atoms with Crippen molar-refractivity contribution in [3.05, 3.63) is 70.5 Å². The molecule has 1 aromatic carbocycles. The van der Waals surface area contributed by atoms with Crippen molar-refractivity contribution >= 4 is 11.6 Å². The topological polar surface area (TPSA) is 77.1 Å². The lowest BCUT2D eigenvalue weighted by Crippen LogP contribution is -2.27. The average Bonchev–Trinajstić information content (AvgIpc) is 3.16. The molecule has 2 aromatic heterocycles. The van der Waals surface area contributed by atoms with Crippen LogP contribution in [-0.2, 0) is 23.7 Å². The van der Waals surface area contributed by atoms with E-state index in [1.807, 2.05) is 5.32 Å². The van der Waals surface area contributed by atoms with Crippen molar-refractivity contribution in [2.24, 2.45) is 0 Å². The number of amides is 1. The summed E-state index contributed by atoms with van der Waals surface area (Å²) >= 11 is 0. The molecule has 0 fully saturated rings. The summed E-state index contributed by atoms with van der Waals surface area (Å²) in [6, 6.07) is 4.86. The van der Waals surface area contributed by atoms with Crippen LogP contribution in [0.1, 0.15) is 11.1 Å².